The molecule has 57 heavy (non-hydrogen) atoms. The second-order valence-electron chi connectivity index (χ2n) is 16.0. The van der Waals surface area contributed by atoms with Gasteiger partial charge in [-0.2, -0.15) is 5.26 Å². The van der Waals surface area contributed by atoms with Gasteiger partial charge >= 0.3 is 11.9 Å². The first kappa shape index (κ1) is 37.6. The summed E-state index contributed by atoms with van der Waals surface area (Å²) >= 11 is 0. The third-order valence-corrected chi connectivity index (χ3v) is 13.4. The summed E-state index contributed by atoms with van der Waals surface area (Å²) in [6.45, 7) is 12.5. The Hall–Kier alpha value is -6.28. The molecule has 11 nitrogen and oxygen atoms in total. The zero-order valence-electron chi connectivity index (χ0n) is 33.3. The number of likely N-dealkylation sites (N-methyl/N-ethyl adjacent to an activating group) is 1. The van der Waals surface area contributed by atoms with E-state index in [0.717, 1.165) is 85.3 Å². The lowest BCUT2D eigenvalue weighted by molar-refractivity contribution is -0.137. The molecule has 4 aromatic rings. The van der Waals surface area contributed by atoms with Crippen LogP contribution in [0.4, 0.5) is 5.69 Å². The summed E-state index contributed by atoms with van der Waals surface area (Å²) in [4.78, 5) is 56.7. The third-order valence-electron chi connectivity index (χ3n) is 13.4. The molecule has 11 heteroatoms. The van der Waals surface area contributed by atoms with Crippen LogP contribution in [-0.2, 0) is 33.3 Å². The van der Waals surface area contributed by atoms with Crippen LogP contribution in [0.25, 0.3) is 39.3 Å². The van der Waals surface area contributed by atoms with Crippen LogP contribution in [0.15, 0.2) is 42.0 Å². The molecule has 3 aromatic heterocycles. The van der Waals surface area contributed by atoms with Crippen molar-refractivity contribution in [3.63, 3.8) is 0 Å². The van der Waals surface area contributed by atoms with Gasteiger partial charge in [0.05, 0.1) is 51.3 Å². The number of carboxylic acid groups (broad SMARTS) is 2. The first-order chi connectivity index (χ1) is 27.2. The van der Waals surface area contributed by atoms with E-state index in [1.165, 1.54) is 0 Å². The van der Waals surface area contributed by atoms with Gasteiger partial charge in [-0.1, -0.05) is 20.8 Å². The molecule has 8 bridgehead atoms. The molecule has 4 N–H and O–H groups in total. The van der Waals surface area contributed by atoms with Crippen molar-refractivity contribution in [3.8, 4) is 6.07 Å². The zero-order valence-corrected chi connectivity index (χ0v) is 33.3. The van der Waals surface area contributed by atoms with Crippen LogP contribution in [0.2, 0.25) is 0 Å². The number of nitriles is 1. The summed E-state index contributed by atoms with van der Waals surface area (Å²) in [5.41, 5.74) is 13.9. The van der Waals surface area contributed by atoms with Crippen molar-refractivity contribution >= 4 is 63.2 Å². The SMILES string of the molecule is CCc1c(C)c2cc3nc4c(c5nc(cc6[nH]c(cc1[nH]2)c(C)c6CCC(=O)O)C(CCC(=O)O)=C5C)C=C(C#N)C1N(C)c2ccc(C=O)cc2[C@@]3(CC)[C@]41C. The van der Waals surface area contributed by atoms with E-state index in [9.17, 15) is 29.9 Å². The number of rotatable bonds is 9. The van der Waals surface area contributed by atoms with Crippen molar-refractivity contribution < 1.29 is 24.6 Å². The van der Waals surface area contributed by atoms with Crippen LogP contribution in [0.1, 0.15) is 120 Å². The fraction of sp³-hybridized carbons (Fsp3) is 0.348. The monoisotopic (exact) mass is 762 g/mol. The molecule has 290 valence electrons. The van der Waals surface area contributed by atoms with Crippen molar-refractivity contribution in [2.24, 2.45) is 0 Å². The van der Waals surface area contributed by atoms with Gasteiger partial charge in [0.1, 0.15) is 6.29 Å². The van der Waals surface area contributed by atoms with Crippen molar-refractivity contribution in [2.75, 3.05) is 11.9 Å². The van der Waals surface area contributed by atoms with E-state index in [2.05, 4.69) is 60.8 Å². The number of H-pyrrole nitrogens is 2. The Balaban J connectivity index is 1.61. The van der Waals surface area contributed by atoms with E-state index in [-0.39, 0.29) is 25.7 Å². The summed E-state index contributed by atoms with van der Waals surface area (Å²) in [5.74, 6) is -1.84. The van der Waals surface area contributed by atoms with E-state index >= 15 is 0 Å². The van der Waals surface area contributed by atoms with Crippen LogP contribution in [0.3, 0.4) is 0 Å². The summed E-state index contributed by atoms with van der Waals surface area (Å²) in [5, 5.41) is 30.5. The molecule has 0 radical (unpaired) electrons. The minimum atomic E-state index is -0.933. The highest BCUT2D eigenvalue weighted by molar-refractivity contribution is 5.96. The number of nitrogens with one attached hydrogen (secondary N) is 2. The Labute approximate surface area is 330 Å². The van der Waals surface area contributed by atoms with Gasteiger partial charge in [-0.3, -0.25) is 19.4 Å². The number of carbonyl (C=O) groups excluding carboxylic acids is 1. The predicted octanol–water partition coefficient (Wildman–Crippen LogP) is 8.51. The number of aliphatic carboxylic acids is 2. The smallest absolute Gasteiger partial charge is 0.303 e. The molecule has 3 atom stereocenters. The average Bonchev–Trinajstić information content (AvgIpc) is 3.84. The summed E-state index contributed by atoms with van der Waals surface area (Å²) in [7, 11) is 2.00. The Morgan fingerprint density at radius 1 is 0.930 bits per heavy atom. The maximum absolute atomic E-state index is 12.4. The number of aromatic amines is 2. The summed E-state index contributed by atoms with van der Waals surface area (Å²) < 4.78 is 0. The molecule has 1 aliphatic carbocycles. The molecule has 8 rings (SSSR count). The summed E-state index contributed by atoms with van der Waals surface area (Å²) in [6, 6.07) is 14.1. The van der Waals surface area contributed by atoms with E-state index in [0.29, 0.717) is 40.0 Å². The number of anilines is 1. The number of hydrogen-bond donors (Lipinski definition) is 4. The van der Waals surface area contributed by atoms with Gasteiger partial charge in [0, 0.05) is 58.8 Å². The first-order valence-corrected chi connectivity index (χ1v) is 19.6. The Kier molecular flexibility index (Phi) is 8.87. The van der Waals surface area contributed by atoms with E-state index in [4.69, 9.17) is 9.97 Å². The largest absolute Gasteiger partial charge is 0.481 e. The number of carbonyl (C=O) groups is 3. The highest BCUT2D eigenvalue weighted by Gasteiger charge is 2.66. The predicted molar refractivity (Wildman–Crippen MR) is 221 cm³/mol. The van der Waals surface area contributed by atoms with Crippen molar-refractivity contribution in [3.05, 3.63) is 104 Å². The van der Waals surface area contributed by atoms with Crippen LogP contribution < -0.4 is 4.90 Å². The van der Waals surface area contributed by atoms with Crippen LogP contribution in [0.5, 0.6) is 0 Å². The summed E-state index contributed by atoms with van der Waals surface area (Å²) in [6.07, 6.45) is 4.49. The molecule has 6 heterocycles. The van der Waals surface area contributed by atoms with Gasteiger partial charge in [-0.15, -0.1) is 0 Å². The Morgan fingerprint density at radius 3 is 2.25 bits per heavy atom. The van der Waals surface area contributed by atoms with E-state index < -0.39 is 28.8 Å². The Morgan fingerprint density at radius 2 is 1.60 bits per heavy atom. The normalized spacial score (nSPS) is 20.6. The van der Waals surface area contributed by atoms with Crippen LogP contribution >= 0.6 is 0 Å². The van der Waals surface area contributed by atoms with Gasteiger partial charge < -0.3 is 25.1 Å². The Bertz CT molecular complexity index is 2740. The number of carboxylic acids is 2. The van der Waals surface area contributed by atoms with Crippen LogP contribution in [-0.4, -0.2) is 61.5 Å². The molecule has 0 saturated heterocycles. The van der Waals surface area contributed by atoms with Gasteiger partial charge in [-0.25, -0.2) is 4.98 Å². The fourth-order valence-corrected chi connectivity index (χ4v) is 10.6. The second-order valence-corrected chi connectivity index (χ2v) is 16.0. The second kappa shape index (κ2) is 13.4. The number of aryl methyl sites for hydroxylation is 4. The van der Waals surface area contributed by atoms with Gasteiger partial charge in [0.2, 0.25) is 0 Å². The lowest BCUT2D eigenvalue weighted by Gasteiger charge is -2.57. The molecule has 0 fully saturated rings. The lowest BCUT2D eigenvalue weighted by Crippen LogP contribution is -2.63. The average molecular weight is 763 g/mol. The molecule has 0 saturated carbocycles. The highest BCUT2D eigenvalue weighted by Crippen LogP contribution is 2.64. The maximum atomic E-state index is 12.4. The highest BCUT2D eigenvalue weighted by atomic mass is 16.4. The van der Waals surface area contributed by atoms with Gasteiger partial charge in [0.15, 0.2) is 0 Å². The third kappa shape index (κ3) is 5.26. The van der Waals surface area contributed by atoms with Crippen LogP contribution in [0, 0.1) is 25.2 Å². The molecule has 3 aliphatic heterocycles. The molecular formula is C46H46N6O5. The number of allylic oxidation sites excluding steroid dienone is 2. The minimum Gasteiger partial charge on any atom is -0.481 e. The molecule has 0 amide bonds. The van der Waals surface area contributed by atoms with Gasteiger partial charge in [-0.05, 0) is 128 Å². The molecule has 1 aromatic carbocycles. The van der Waals surface area contributed by atoms with Crippen molar-refractivity contribution in [1.82, 2.24) is 19.9 Å². The number of nitrogens with zero attached hydrogens (tertiary/aromatic N) is 4. The molecule has 0 spiro atoms. The lowest BCUT2D eigenvalue weighted by atomic mass is 9.50. The first-order valence-electron chi connectivity index (χ1n) is 19.6. The van der Waals surface area contributed by atoms with E-state index in [1.54, 1.807) is 0 Å². The molecular weight excluding hydrogens is 717 g/mol. The van der Waals surface area contributed by atoms with Gasteiger partial charge in [0.25, 0.3) is 0 Å². The zero-order chi connectivity index (χ0) is 40.7. The van der Waals surface area contributed by atoms with Crippen molar-refractivity contribution in [2.45, 2.75) is 96.9 Å². The van der Waals surface area contributed by atoms with E-state index in [1.807, 2.05) is 51.2 Å². The molecule has 1 unspecified atom stereocenters. The number of aldehydes is 1. The fourth-order valence-electron chi connectivity index (χ4n) is 10.6. The topological polar surface area (TPSA) is 176 Å². The van der Waals surface area contributed by atoms with Crippen molar-refractivity contribution in [1.29, 1.82) is 5.26 Å². The number of aromatic nitrogens is 4. The maximum Gasteiger partial charge on any atom is 0.303 e. The number of benzene rings is 1. The minimum absolute atomic E-state index is 0.0621. The number of fused-ring (bicyclic) bond motifs is 11. The molecule has 4 aliphatic rings. The standard InChI is InChI=1S/C46H46N6O5/c1-8-28-23(3)34-20-39-46(9-2)32-16-26(22-53)10-13-38(32)52(7)44-27(21-47)17-31(43(51-39)45(44,46)6)42-25(5)30(12-15-41(56)57)37(50-42)19-36-29(11-14-40(54)55)24(4)33(48-36)18-35(28)49-34/h10,13,16-20,22,44,48-49H,8-9,11-12,14-15H2,1-7H3,(H,54,55)(H,56,57)/t44?,45-,46-/m1/s1. The number of hydrogen-bond acceptors (Lipinski definition) is 7. The quantitative estimate of drug-likeness (QED) is 0.122.